The summed E-state index contributed by atoms with van der Waals surface area (Å²) >= 11 is 0. The lowest BCUT2D eigenvalue weighted by molar-refractivity contribution is -0.144. The highest BCUT2D eigenvalue weighted by molar-refractivity contribution is 5.92. The Morgan fingerprint density at radius 2 is 1.90 bits per heavy atom. The number of alkyl halides is 3. The first kappa shape index (κ1) is 17.0. The van der Waals surface area contributed by atoms with Crippen LogP contribution in [0.1, 0.15) is 30.9 Å². The van der Waals surface area contributed by atoms with Gasteiger partial charge >= 0.3 is 12.1 Å². The molecule has 0 aromatic heterocycles. The van der Waals surface area contributed by atoms with Crippen molar-refractivity contribution in [3.05, 3.63) is 29.3 Å². The molecule has 21 heavy (non-hydrogen) atoms. The highest BCUT2D eigenvalue weighted by Crippen LogP contribution is 2.33. The third kappa shape index (κ3) is 5.45. The Balaban J connectivity index is 2.67. The minimum Gasteiger partial charge on any atom is -0.466 e. The number of anilines is 1. The highest BCUT2D eigenvalue weighted by Gasteiger charge is 2.32. The van der Waals surface area contributed by atoms with Crippen molar-refractivity contribution >= 4 is 17.6 Å². The van der Waals surface area contributed by atoms with Crippen LogP contribution in [0.4, 0.5) is 18.9 Å². The van der Waals surface area contributed by atoms with Crippen molar-refractivity contribution in [3.8, 4) is 0 Å². The first-order valence-electron chi connectivity index (χ1n) is 6.37. The normalized spacial score (nSPS) is 11.1. The second kappa shape index (κ2) is 7.10. The molecule has 1 amide bonds. The maximum Gasteiger partial charge on any atom is 0.416 e. The molecule has 7 heteroatoms. The van der Waals surface area contributed by atoms with E-state index in [9.17, 15) is 22.8 Å². The summed E-state index contributed by atoms with van der Waals surface area (Å²) in [7, 11) is 0. The molecule has 116 valence electrons. The van der Waals surface area contributed by atoms with Crippen LogP contribution in [-0.2, 0) is 20.5 Å². The monoisotopic (exact) mass is 303 g/mol. The molecule has 1 N–H and O–H groups in total. The van der Waals surface area contributed by atoms with Crippen LogP contribution < -0.4 is 5.32 Å². The van der Waals surface area contributed by atoms with Gasteiger partial charge < -0.3 is 10.1 Å². The predicted octanol–water partition coefficient (Wildman–Crippen LogP) is 3.30. The van der Waals surface area contributed by atoms with Crippen LogP contribution in [0.5, 0.6) is 0 Å². The van der Waals surface area contributed by atoms with Crippen molar-refractivity contribution in [3.63, 3.8) is 0 Å². The number of aryl methyl sites for hydroxylation is 1. The SMILES string of the molecule is CCOC(=O)CCC(=O)Nc1ccc(C)c(C(F)(F)F)c1. The molecular formula is C14H16F3NO3. The molecule has 0 bridgehead atoms. The molecular weight excluding hydrogens is 287 g/mol. The molecule has 1 rings (SSSR count). The molecule has 0 atom stereocenters. The molecule has 0 saturated carbocycles. The van der Waals surface area contributed by atoms with E-state index in [1.54, 1.807) is 6.92 Å². The molecule has 0 unspecified atom stereocenters. The molecule has 1 aromatic carbocycles. The lowest BCUT2D eigenvalue weighted by Crippen LogP contribution is -2.15. The summed E-state index contributed by atoms with van der Waals surface area (Å²) in [4.78, 5) is 22.6. The molecule has 0 aliphatic rings. The van der Waals surface area contributed by atoms with E-state index in [1.165, 1.54) is 19.1 Å². The number of halogens is 3. The maximum absolute atomic E-state index is 12.7. The van der Waals surface area contributed by atoms with Gasteiger partial charge in [0.25, 0.3) is 0 Å². The Morgan fingerprint density at radius 1 is 1.24 bits per heavy atom. The third-order valence-corrected chi connectivity index (χ3v) is 2.69. The minimum absolute atomic E-state index is 0.0433. The average molecular weight is 303 g/mol. The third-order valence-electron chi connectivity index (χ3n) is 2.69. The fraction of sp³-hybridized carbons (Fsp3) is 0.429. The largest absolute Gasteiger partial charge is 0.466 e. The Morgan fingerprint density at radius 3 is 2.48 bits per heavy atom. The first-order valence-corrected chi connectivity index (χ1v) is 6.37. The molecule has 4 nitrogen and oxygen atoms in total. The Labute approximate surface area is 120 Å². The summed E-state index contributed by atoms with van der Waals surface area (Å²) in [6, 6.07) is 3.54. The molecule has 0 saturated heterocycles. The van der Waals surface area contributed by atoms with E-state index in [4.69, 9.17) is 0 Å². The zero-order valence-corrected chi connectivity index (χ0v) is 11.7. The van der Waals surface area contributed by atoms with Crippen molar-refractivity contribution in [1.82, 2.24) is 0 Å². The Hall–Kier alpha value is -2.05. The fourth-order valence-electron chi connectivity index (χ4n) is 1.68. The van der Waals surface area contributed by atoms with Crippen molar-refractivity contribution in [2.24, 2.45) is 0 Å². The molecule has 0 radical (unpaired) electrons. The van der Waals surface area contributed by atoms with E-state index < -0.39 is 23.6 Å². The molecule has 1 aromatic rings. The summed E-state index contributed by atoms with van der Waals surface area (Å²) < 4.78 is 42.8. The lowest BCUT2D eigenvalue weighted by Gasteiger charge is -2.12. The summed E-state index contributed by atoms with van der Waals surface area (Å²) in [5.41, 5.74) is -0.681. The van der Waals surface area contributed by atoms with Crippen LogP contribution in [0.15, 0.2) is 18.2 Å². The standard InChI is InChI=1S/C14H16F3NO3/c1-3-21-13(20)7-6-12(19)18-10-5-4-9(2)11(8-10)14(15,16)17/h4-5,8H,3,6-7H2,1-2H3,(H,18,19). The van der Waals surface area contributed by atoms with Crippen LogP contribution >= 0.6 is 0 Å². The second-order valence-corrected chi connectivity index (χ2v) is 4.38. The number of ether oxygens (including phenoxy) is 1. The maximum atomic E-state index is 12.7. The van der Waals surface area contributed by atoms with Crippen molar-refractivity contribution in [2.75, 3.05) is 11.9 Å². The smallest absolute Gasteiger partial charge is 0.416 e. The van der Waals surface area contributed by atoms with Gasteiger partial charge in [0.2, 0.25) is 5.91 Å². The summed E-state index contributed by atoms with van der Waals surface area (Å²) in [5.74, 6) is -1.06. The number of hydrogen-bond donors (Lipinski definition) is 1. The van der Waals surface area contributed by atoms with Gasteiger partial charge in [0.1, 0.15) is 0 Å². The minimum atomic E-state index is -4.48. The van der Waals surface area contributed by atoms with E-state index in [1.807, 2.05) is 0 Å². The van der Waals surface area contributed by atoms with Crippen LogP contribution in [0.3, 0.4) is 0 Å². The van der Waals surface area contributed by atoms with Gasteiger partial charge in [-0.1, -0.05) is 6.07 Å². The number of nitrogens with one attached hydrogen (secondary N) is 1. The van der Waals surface area contributed by atoms with Gasteiger partial charge in [-0.15, -0.1) is 0 Å². The van der Waals surface area contributed by atoms with Gasteiger partial charge in [-0.2, -0.15) is 13.2 Å². The first-order chi connectivity index (χ1) is 9.74. The lowest BCUT2D eigenvalue weighted by atomic mass is 10.1. The fourth-order valence-corrected chi connectivity index (χ4v) is 1.68. The van der Waals surface area contributed by atoms with Gasteiger partial charge in [-0.3, -0.25) is 9.59 Å². The van der Waals surface area contributed by atoms with Gasteiger partial charge in [0, 0.05) is 12.1 Å². The Bertz CT molecular complexity index is 527. The average Bonchev–Trinajstić information content (AvgIpc) is 2.38. The number of esters is 1. The predicted molar refractivity (Wildman–Crippen MR) is 70.7 cm³/mol. The van der Waals surface area contributed by atoms with Gasteiger partial charge in [-0.05, 0) is 31.5 Å². The summed E-state index contributed by atoms with van der Waals surface area (Å²) in [6.45, 7) is 3.20. The van der Waals surface area contributed by atoms with Crippen LogP contribution in [-0.4, -0.2) is 18.5 Å². The topological polar surface area (TPSA) is 55.4 Å². The summed E-state index contributed by atoms with van der Waals surface area (Å²) in [6.07, 6.45) is -4.73. The molecule has 0 aliphatic heterocycles. The van der Waals surface area contributed by atoms with Crippen molar-refractivity contribution < 1.29 is 27.5 Å². The number of rotatable bonds is 5. The van der Waals surface area contributed by atoms with E-state index in [-0.39, 0.29) is 30.7 Å². The Kier molecular flexibility index (Phi) is 5.75. The van der Waals surface area contributed by atoms with E-state index in [2.05, 4.69) is 10.1 Å². The van der Waals surface area contributed by atoms with E-state index in [0.29, 0.717) is 0 Å². The van der Waals surface area contributed by atoms with E-state index >= 15 is 0 Å². The molecule has 0 fully saturated rings. The zero-order chi connectivity index (χ0) is 16.0. The number of carbonyl (C=O) groups is 2. The van der Waals surface area contributed by atoms with E-state index in [0.717, 1.165) is 6.07 Å². The molecule has 0 spiro atoms. The number of carbonyl (C=O) groups excluding carboxylic acids is 2. The number of hydrogen-bond acceptors (Lipinski definition) is 3. The molecule has 0 aliphatic carbocycles. The molecule has 0 heterocycles. The van der Waals surface area contributed by atoms with Crippen molar-refractivity contribution in [1.29, 1.82) is 0 Å². The second-order valence-electron chi connectivity index (χ2n) is 4.38. The van der Waals surface area contributed by atoms with Crippen molar-refractivity contribution in [2.45, 2.75) is 32.9 Å². The summed E-state index contributed by atoms with van der Waals surface area (Å²) in [5, 5.41) is 2.33. The van der Waals surface area contributed by atoms with Crippen LogP contribution in [0.2, 0.25) is 0 Å². The van der Waals surface area contributed by atoms with Gasteiger partial charge in [-0.25, -0.2) is 0 Å². The quantitative estimate of drug-likeness (QED) is 0.849. The number of benzene rings is 1. The van der Waals surface area contributed by atoms with Gasteiger partial charge in [0.15, 0.2) is 0 Å². The number of amides is 1. The van der Waals surface area contributed by atoms with Crippen LogP contribution in [0.25, 0.3) is 0 Å². The highest BCUT2D eigenvalue weighted by atomic mass is 19.4. The van der Waals surface area contributed by atoms with Gasteiger partial charge in [0.05, 0.1) is 18.6 Å². The van der Waals surface area contributed by atoms with Crippen LogP contribution in [0, 0.1) is 6.92 Å². The zero-order valence-electron chi connectivity index (χ0n) is 11.7.